The van der Waals surface area contributed by atoms with Crippen LogP contribution in [-0.4, -0.2) is 35.5 Å². The van der Waals surface area contributed by atoms with Gasteiger partial charge in [0.25, 0.3) is 0 Å². The highest BCUT2D eigenvalue weighted by Gasteiger charge is 2.73. The van der Waals surface area contributed by atoms with Crippen molar-refractivity contribution in [3.05, 3.63) is 108 Å². The first-order valence-corrected chi connectivity index (χ1v) is 12.1. The van der Waals surface area contributed by atoms with Crippen LogP contribution in [0.2, 0.25) is 0 Å². The second-order valence-corrected chi connectivity index (χ2v) is 9.42. The first-order chi connectivity index (χ1) is 18.0. The Hall–Kier alpha value is -4.30. The number of nitrogens with one attached hydrogen (secondary N) is 2. The highest BCUT2D eigenvalue weighted by atomic mass is 19.1. The Balaban J connectivity index is 1.35. The number of amides is 3. The zero-order chi connectivity index (χ0) is 25.6. The summed E-state index contributed by atoms with van der Waals surface area (Å²) in [6, 6.07) is 23.2. The molecule has 3 heterocycles. The zero-order valence-electron chi connectivity index (χ0n) is 19.7. The normalized spacial score (nSPS) is 27.3. The van der Waals surface area contributed by atoms with Gasteiger partial charge < -0.3 is 15.4 Å². The Morgan fingerprint density at radius 2 is 1.59 bits per heavy atom. The largest absolute Gasteiger partial charge is 0.359 e. The van der Waals surface area contributed by atoms with Crippen molar-refractivity contribution in [1.29, 1.82) is 0 Å². The molecular formula is C29H24FN3O4. The van der Waals surface area contributed by atoms with Crippen LogP contribution in [0.1, 0.15) is 5.56 Å². The monoisotopic (exact) mass is 497 g/mol. The number of nitrogens with zero attached hydrogens (tertiary/aromatic N) is 1. The quantitative estimate of drug-likeness (QED) is 0.511. The van der Waals surface area contributed by atoms with Crippen molar-refractivity contribution < 1.29 is 23.5 Å². The molecule has 7 nitrogen and oxygen atoms in total. The lowest BCUT2D eigenvalue weighted by atomic mass is 9.74. The summed E-state index contributed by atoms with van der Waals surface area (Å²) in [5.74, 6) is -3.74. The van der Waals surface area contributed by atoms with Crippen molar-refractivity contribution in [2.45, 2.75) is 24.3 Å². The van der Waals surface area contributed by atoms with Crippen LogP contribution in [-0.2, 0) is 25.7 Å². The summed E-state index contributed by atoms with van der Waals surface area (Å²) < 4.78 is 20.6. The van der Waals surface area contributed by atoms with Crippen molar-refractivity contribution in [2.75, 3.05) is 10.2 Å². The highest BCUT2D eigenvalue weighted by molar-refractivity contribution is 6.11. The molecule has 2 saturated heterocycles. The molecule has 3 aliphatic rings. The number of fused-ring (bicyclic) bond motifs is 1. The number of benzene rings is 3. The van der Waals surface area contributed by atoms with Gasteiger partial charge >= 0.3 is 0 Å². The summed E-state index contributed by atoms with van der Waals surface area (Å²) in [5, 5.41) is 5.56. The Morgan fingerprint density at radius 1 is 0.919 bits per heavy atom. The number of hydrogen-bond acceptors (Lipinski definition) is 4. The van der Waals surface area contributed by atoms with Gasteiger partial charge in [-0.15, -0.1) is 0 Å². The number of anilines is 2. The summed E-state index contributed by atoms with van der Waals surface area (Å²) in [6.07, 6.45) is 2.76. The van der Waals surface area contributed by atoms with E-state index in [1.165, 1.54) is 23.1 Å². The molecule has 3 aromatic rings. The average Bonchev–Trinajstić information content (AvgIpc) is 3.57. The van der Waals surface area contributed by atoms with Crippen LogP contribution >= 0.6 is 0 Å². The van der Waals surface area contributed by atoms with E-state index < -0.39 is 41.3 Å². The molecule has 8 heteroatoms. The van der Waals surface area contributed by atoms with E-state index in [4.69, 9.17) is 4.74 Å². The molecule has 2 bridgehead atoms. The van der Waals surface area contributed by atoms with E-state index in [1.807, 2.05) is 36.4 Å². The van der Waals surface area contributed by atoms with Crippen molar-refractivity contribution in [3.8, 4) is 0 Å². The topological polar surface area (TPSA) is 87.7 Å². The Labute approximate surface area is 212 Å². The van der Waals surface area contributed by atoms with Crippen molar-refractivity contribution in [2.24, 2.45) is 11.8 Å². The molecule has 5 atom stereocenters. The summed E-state index contributed by atoms with van der Waals surface area (Å²) in [4.78, 5) is 42.5. The first kappa shape index (κ1) is 23.1. The third-order valence-electron chi connectivity index (χ3n) is 7.30. The van der Waals surface area contributed by atoms with E-state index in [2.05, 4.69) is 10.6 Å². The van der Waals surface area contributed by atoms with Crippen LogP contribution in [0.3, 0.4) is 0 Å². The van der Waals surface area contributed by atoms with Crippen LogP contribution in [0, 0.1) is 17.7 Å². The van der Waals surface area contributed by atoms with Gasteiger partial charge in [-0.3, -0.25) is 19.3 Å². The predicted molar refractivity (Wildman–Crippen MR) is 135 cm³/mol. The molecule has 3 amide bonds. The molecule has 186 valence electrons. The lowest BCUT2D eigenvalue weighted by molar-refractivity contribution is -0.128. The van der Waals surface area contributed by atoms with Crippen molar-refractivity contribution in [3.63, 3.8) is 0 Å². The van der Waals surface area contributed by atoms with Gasteiger partial charge in [-0.1, -0.05) is 72.8 Å². The average molecular weight is 498 g/mol. The van der Waals surface area contributed by atoms with Crippen LogP contribution in [0.4, 0.5) is 15.8 Å². The molecule has 0 aromatic heterocycles. The van der Waals surface area contributed by atoms with E-state index in [1.54, 1.807) is 42.5 Å². The second kappa shape index (κ2) is 8.97. The van der Waals surface area contributed by atoms with Gasteiger partial charge in [0.2, 0.25) is 17.7 Å². The van der Waals surface area contributed by atoms with Crippen LogP contribution < -0.4 is 15.5 Å². The summed E-state index contributed by atoms with van der Waals surface area (Å²) in [5.41, 5.74) is 0.144. The van der Waals surface area contributed by atoms with Gasteiger partial charge in [-0.2, -0.15) is 0 Å². The van der Waals surface area contributed by atoms with Crippen LogP contribution in [0.5, 0.6) is 0 Å². The summed E-state index contributed by atoms with van der Waals surface area (Å²) in [7, 11) is 0. The number of carbonyl (C=O) groups is 3. The van der Waals surface area contributed by atoms with Gasteiger partial charge in [0, 0.05) is 12.2 Å². The number of ether oxygens (including phenoxy) is 1. The molecule has 3 aliphatic heterocycles. The maximum absolute atomic E-state index is 14.3. The lowest BCUT2D eigenvalue weighted by Gasteiger charge is -2.32. The summed E-state index contributed by atoms with van der Waals surface area (Å²) in [6.45, 7) is 0.276. The molecular weight excluding hydrogens is 473 g/mol. The van der Waals surface area contributed by atoms with E-state index in [9.17, 15) is 18.8 Å². The first-order valence-electron chi connectivity index (χ1n) is 12.1. The standard InChI is InChI=1S/C29H24FN3O4/c30-20-13-7-8-14-21(20)32-26(34)23-22-15-16-29(37-22)24(23)28(36)33(19-11-5-2-6-12-19)25(29)27(35)31-17-18-9-3-1-4-10-18/h1-16,22-25H,17H2,(H,31,35)(H,32,34)/t22-,23+,24-,25+,29-/m1/s1. The number of rotatable bonds is 6. The molecule has 6 rings (SSSR count). The fraction of sp³-hybridized carbons (Fsp3) is 0.207. The zero-order valence-corrected chi connectivity index (χ0v) is 19.7. The Bertz CT molecular complexity index is 1400. The fourth-order valence-corrected chi connectivity index (χ4v) is 5.70. The number of carbonyl (C=O) groups excluding carboxylic acids is 3. The lowest BCUT2D eigenvalue weighted by Crippen LogP contribution is -2.54. The molecule has 2 fully saturated rings. The molecule has 0 unspecified atom stereocenters. The second-order valence-electron chi connectivity index (χ2n) is 9.42. The van der Waals surface area contributed by atoms with Gasteiger partial charge in [-0.05, 0) is 29.8 Å². The third-order valence-corrected chi connectivity index (χ3v) is 7.30. The minimum atomic E-state index is -1.32. The molecule has 0 radical (unpaired) electrons. The molecule has 2 N–H and O–H groups in total. The SMILES string of the molecule is O=C(Nc1ccccc1F)[C@H]1[C@H]2C=C[C@]3(O2)[C@H](C(=O)NCc2ccccc2)N(c2ccccc2)C(=O)[C@@H]13. The van der Waals surface area contributed by atoms with E-state index in [0.29, 0.717) is 5.69 Å². The molecule has 0 aliphatic carbocycles. The highest BCUT2D eigenvalue weighted by Crippen LogP contribution is 2.56. The molecule has 0 saturated carbocycles. The van der Waals surface area contributed by atoms with Crippen LogP contribution in [0.25, 0.3) is 0 Å². The Kier molecular flexibility index (Phi) is 5.61. The molecule has 3 aromatic carbocycles. The van der Waals surface area contributed by atoms with Crippen molar-refractivity contribution >= 4 is 29.1 Å². The molecule has 1 spiro atoms. The third kappa shape index (κ3) is 3.72. The van der Waals surface area contributed by atoms with Gasteiger partial charge in [0.15, 0.2) is 0 Å². The van der Waals surface area contributed by atoms with Crippen LogP contribution in [0.15, 0.2) is 97.1 Å². The van der Waals surface area contributed by atoms with Crippen molar-refractivity contribution in [1.82, 2.24) is 5.32 Å². The number of halogens is 1. The smallest absolute Gasteiger partial charge is 0.246 e. The fourth-order valence-electron chi connectivity index (χ4n) is 5.70. The predicted octanol–water partition coefficient (Wildman–Crippen LogP) is 3.44. The van der Waals surface area contributed by atoms with Gasteiger partial charge in [-0.25, -0.2) is 4.39 Å². The summed E-state index contributed by atoms with van der Waals surface area (Å²) >= 11 is 0. The Morgan fingerprint density at radius 3 is 2.32 bits per heavy atom. The maximum Gasteiger partial charge on any atom is 0.246 e. The van der Waals surface area contributed by atoms with E-state index in [-0.39, 0.29) is 24.0 Å². The van der Waals surface area contributed by atoms with E-state index in [0.717, 1.165) is 5.56 Å². The van der Waals surface area contributed by atoms with Gasteiger partial charge in [0.05, 0.1) is 23.6 Å². The number of para-hydroxylation sites is 2. The number of hydrogen-bond donors (Lipinski definition) is 2. The molecule has 37 heavy (non-hydrogen) atoms. The minimum Gasteiger partial charge on any atom is -0.359 e. The van der Waals surface area contributed by atoms with E-state index >= 15 is 0 Å². The maximum atomic E-state index is 14.3. The van der Waals surface area contributed by atoms with Gasteiger partial charge in [0.1, 0.15) is 17.5 Å². The minimum absolute atomic E-state index is 0.0239.